The van der Waals surface area contributed by atoms with Crippen LogP contribution in [0.15, 0.2) is 47.7 Å². The molecular weight excluding hydrogens is 650 g/mol. The second-order valence-corrected chi connectivity index (χ2v) is 14.2. The Bertz CT molecular complexity index is 1570. The van der Waals surface area contributed by atoms with Gasteiger partial charge in [0.1, 0.15) is 17.7 Å². The predicted octanol–water partition coefficient (Wildman–Crippen LogP) is 7.73. The van der Waals surface area contributed by atoms with Gasteiger partial charge in [-0.1, -0.05) is 53.1 Å². The highest BCUT2D eigenvalue weighted by Gasteiger charge is 2.34. The van der Waals surface area contributed by atoms with E-state index in [9.17, 15) is 19.2 Å². The van der Waals surface area contributed by atoms with Crippen molar-refractivity contribution in [2.75, 3.05) is 19.0 Å². The smallest absolute Gasteiger partial charge is 0.293 e. The fraction of sp³-hybridized carbons (Fsp3) is 0.459. The summed E-state index contributed by atoms with van der Waals surface area (Å²) >= 11 is 7.53. The number of amides is 2. The Morgan fingerprint density at radius 3 is 2.40 bits per heavy atom. The number of fused-ring (bicyclic) bond motifs is 5. The van der Waals surface area contributed by atoms with E-state index in [0.29, 0.717) is 42.6 Å². The van der Waals surface area contributed by atoms with Crippen molar-refractivity contribution in [3.8, 4) is 17.0 Å². The number of benzene rings is 2. The van der Waals surface area contributed by atoms with Gasteiger partial charge in [0, 0.05) is 45.4 Å². The van der Waals surface area contributed by atoms with Crippen molar-refractivity contribution in [2.24, 2.45) is 5.41 Å². The van der Waals surface area contributed by atoms with Gasteiger partial charge in [0.15, 0.2) is 5.78 Å². The normalized spacial score (nSPS) is 15.5. The maximum atomic E-state index is 11.8. The first-order chi connectivity index (χ1) is 22.8. The Hall–Kier alpha value is -3.76. The van der Waals surface area contributed by atoms with Gasteiger partial charge < -0.3 is 19.8 Å². The van der Waals surface area contributed by atoms with E-state index in [-0.39, 0.29) is 29.5 Å². The molecule has 48 heavy (non-hydrogen) atoms. The van der Waals surface area contributed by atoms with Crippen molar-refractivity contribution >= 4 is 59.3 Å². The highest BCUT2D eigenvalue weighted by atomic mass is 35.5. The number of aryl methyl sites for hydroxylation is 2. The average Bonchev–Trinajstić information content (AvgIpc) is 3.42. The first-order valence-corrected chi connectivity index (χ1v) is 17.6. The molecule has 0 saturated heterocycles. The van der Waals surface area contributed by atoms with E-state index in [4.69, 9.17) is 16.3 Å². The Balaban J connectivity index is 0.000000281. The summed E-state index contributed by atoms with van der Waals surface area (Å²) < 4.78 is 10.3. The van der Waals surface area contributed by atoms with Crippen molar-refractivity contribution in [2.45, 2.75) is 86.6 Å². The number of Topliss-reactive ketones (excluding diaryl/α,β-unsaturated/α-hetero) is 1. The standard InChI is InChI=1S/C18H16ClNO.C12H16N2O5S.C5H12.C2H6/c1-2-21-13-5-7-14-11(9-13)3-6-15-16-10-12(19)4-8-17(16)20-18(14)15;1-8(13-5-15)12-14(6-16)11(9(2)18)10(4-20-12)3-19-7-17;1-5(2,3)4;1-2/h4-5,7-10,20H,2-3,6H2,1H3;5-8,12H,3-4H2,1-2H3,(H,13,15);1-4H3;1-2H3. The van der Waals surface area contributed by atoms with Gasteiger partial charge in [-0.25, -0.2) is 0 Å². The number of rotatable bonds is 10. The first kappa shape index (κ1) is 40.4. The predicted molar refractivity (Wildman–Crippen MR) is 196 cm³/mol. The number of ketones is 1. The lowest BCUT2D eigenvalue weighted by atomic mass is 9.89. The molecule has 1 aliphatic heterocycles. The zero-order valence-corrected chi connectivity index (χ0v) is 31.1. The maximum absolute atomic E-state index is 11.8. The van der Waals surface area contributed by atoms with E-state index >= 15 is 0 Å². The number of thioether (sulfide) groups is 1. The highest BCUT2D eigenvalue weighted by molar-refractivity contribution is 8.00. The van der Waals surface area contributed by atoms with Crippen LogP contribution in [0.4, 0.5) is 0 Å². The van der Waals surface area contributed by atoms with E-state index in [0.717, 1.165) is 29.1 Å². The van der Waals surface area contributed by atoms with Crippen LogP contribution < -0.4 is 10.1 Å². The third kappa shape index (κ3) is 11.2. The molecule has 2 heterocycles. The van der Waals surface area contributed by atoms with Gasteiger partial charge in [-0.05, 0) is 79.6 Å². The van der Waals surface area contributed by atoms with Crippen LogP contribution in [-0.2, 0) is 36.8 Å². The molecule has 0 saturated carbocycles. The molecule has 2 atom stereocenters. The minimum Gasteiger partial charge on any atom is -0.494 e. The van der Waals surface area contributed by atoms with Crippen LogP contribution in [0.5, 0.6) is 5.75 Å². The fourth-order valence-electron chi connectivity index (χ4n) is 5.25. The number of H-pyrrole nitrogens is 1. The third-order valence-corrected chi connectivity index (χ3v) is 8.72. The van der Waals surface area contributed by atoms with E-state index in [1.165, 1.54) is 51.4 Å². The number of halogens is 1. The van der Waals surface area contributed by atoms with Crippen molar-refractivity contribution in [3.63, 3.8) is 0 Å². The number of nitrogens with one attached hydrogen (secondary N) is 2. The average molecular weight is 700 g/mol. The number of ether oxygens (including phenoxy) is 2. The number of carbonyl (C=O) groups excluding carboxylic acids is 4. The molecule has 3 aromatic rings. The van der Waals surface area contributed by atoms with Gasteiger partial charge in [-0.15, -0.1) is 11.8 Å². The molecule has 0 bridgehead atoms. The number of aromatic nitrogens is 1. The van der Waals surface area contributed by atoms with Crippen molar-refractivity contribution in [3.05, 3.63) is 63.8 Å². The van der Waals surface area contributed by atoms with Gasteiger partial charge in [0.2, 0.25) is 12.8 Å². The SMILES string of the molecule is CC.CC(=O)C1=C(COC=O)CSC(C(C)NC=O)N1C=O.CC(C)(C)C.CCOc1ccc2c(c1)CCc1c-2[nH]c2ccc(Cl)cc12. The molecule has 11 heteroatoms. The summed E-state index contributed by atoms with van der Waals surface area (Å²) in [4.78, 5) is 48.7. The Morgan fingerprint density at radius 1 is 1.12 bits per heavy atom. The van der Waals surface area contributed by atoms with E-state index in [2.05, 4.69) is 73.1 Å². The fourth-order valence-corrected chi connectivity index (χ4v) is 6.70. The van der Waals surface area contributed by atoms with E-state index < -0.39 is 0 Å². The van der Waals surface area contributed by atoms with Gasteiger partial charge in [-0.3, -0.25) is 24.1 Å². The molecule has 2 aromatic carbocycles. The zero-order valence-electron chi connectivity index (χ0n) is 29.6. The molecular formula is C37H50ClN3O6S. The lowest BCUT2D eigenvalue weighted by molar-refractivity contribution is -0.128. The largest absolute Gasteiger partial charge is 0.494 e. The van der Waals surface area contributed by atoms with Gasteiger partial charge in [-0.2, -0.15) is 0 Å². The lowest BCUT2D eigenvalue weighted by Crippen LogP contribution is -2.49. The van der Waals surface area contributed by atoms with Crippen LogP contribution >= 0.6 is 23.4 Å². The second-order valence-electron chi connectivity index (χ2n) is 12.6. The molecule has 2 N–H and O–H groups in total. The third-order valence-electron chi connectivity index (χ3n) is 7.00. The topological polar surface area (TPSA) is 118 Å². The number of aromatic amines is 1. The minimum atomic E-state index is -0.378. The van der Waals surface area contributed by atoms with Crippen molar-refractivity contribution < 1.29 is 28.7 Å². The number of nitrogens with zero attached hydrogens (tertiary/aromatic N) is 1. The summed E-state index contributed by atoms with van der Waals surface area (Å²) in [6, 6.07) is 12.1. The number of carbonyl (C=O) groups is 4. The molecule has 2 unspecified atom stereocenters. The summed E-state index contributed by atoms with van der Waals surface area (Å²) in [6.45, 7) is 18.8. The van der Waals surface area contributed by atoms with Crippen molar-refractivity contribution in [1.82, 2.24) is 15.2 Å². The summed E-state index contributed by atoms with van der Waals surface area (Å²) in [5.41, 5.74) is 7.71. The Morgan fingerprint density at radius 2 is 1.81 bits per heavy atom. The molecule has 0 radical (unpaired) electrons. The molecule has 0 spiro atoms. The Labute approximate surface area is 294 Å². The van der Waals surface area contributed by atoms with Crippen molar-refractivity contribution in [1.29, 1.82) is 0 Å². The van der Waals surface area contributed by atoms with Crippen LogP contribution in [0.25, 0.3) is 22.2 Å². The highest BCUT2D eigenvalue weighted by Crippen LogP contribution is 2.39. The number of hydrogen-bond acceptors (Lipinski definition) is 7. The molecule has 0 fully saturated rings. The molecule has 2 amide bonds. The van der Waals surface area contributed by atoms with Gasteiger partial charge in [0.05, 0.1) is 18.3 Å². The molecule has 1 aromatic heterocycles. The summed E-state index contributed by atoms with van der Waals surface area (Å²) in [6.07, 6.45) is 3.19. The molecule has 2 aliphatic rings. The monoisotopic (exact) mass is 699 g/mol. The number of hydrogen-bond donors (Lipinski definition) is 2. The summed E-state index contributed by atoms with van der Waals surface area (Å²) in [7, 11) is 0. The summed E-state index contributed by atoms with van der Waals surface area (Å²) in [5.74, 6) is 1.12. The molecule has 1 aliphatic carbocycles. The van der Waals surface area contributed by atoms with Gasteiger partial charge in [0.25, 0.3) is 6.47 Å². The van der Waals surface area contributed by atoms with Crippen LogP contribution in [0.1, 0.15) is 73.4 Å². The molecule has 262 valence electrons. The minimum absolute atomic E-state index is 0.0298. The van der Waals surface area contributed by atoms with E-state index in [1.807, 2.05) is 26.8 Å². The van der Waals surface area contributed by atoms with E-state index in [1.54, 1.807) is 6.92 Å². The molecule has 5 rings (SSSR count). The van der Waals surface area contributed by atoms with Crippen LogP contribution in [0.3, 0.4) is 0 Å². The van der Waals surface area contributed by atoms with Crippen LogP contribution in [-0.4, -0.2) is 65.3 Å². The maximum Gasteiger partial charge on any atom is 0.293 e. The van der Waals surface area contributed by atoms with Gasteiger partial charge >= 0.3 is 0 Å². The Kier molecular flexibility index (Phi) is 16.2. The van der Waals surface area contributed by atoms with Crippen LogP contribution in [0.2, 0.25) is 5.02 Å². The second kappa shape index (κ2) is 19.3. The summed E-state index contributed by atoms with van der Waals surface area (Å²) in [5, 5.41) is 4.24. The first-order valence-electron chi connectivity index (χ1n) is 16.2. The zero-order chi connectivity index (χ0) is 36.0. The number of allylic oxidation sites excluding steroid dienone is 1. The van der Waals surface area contributed by atoms with Crippen LogP contribution in [0, 0.1) is 5.41 Å². The molecule has 9 nitrogen and oxygen atoms in total. The quantitative estimate of drug-likeness (QED) is 0.208. The lowest BCUT2D eigenvalue weighted by Gasteiger charge is -2.37.